The molecule has 6 nitrogen and oxygen atoms in total. The van der Waals surface area contributed by atoms with Gasteiger partial charge in [-0.3, -0.25) is 9.78 Å². The van der Waals surface area contributed by atoms with Crippen molar-refractivity contribution in [3.05, 3.63) is 106 Å². The molecule has 31 heavy (non-hydrogen) atoms. The number of rotatable bonds is 7. The van der Waals surface area contributed by atoms with Gasteiger partial charge < -0.3 is 4.98 Å². The Bertz CT molecular complexity index is 1350. The Hall–Kier alpha value is -3.29. The van der Waals surface area contributed by atoms with Gasteiger partial charge in [-0.2, -0.15) is 4.31 Å². The second kappa shape index (κ2) is 8.83. The molecule has 0 bridgehead atoms. The fourth-order valence-corrected chi connectivity index (χ4v) is 4.92. The van der Waals surface area contributed by atoms with Crippen LogP contribution in [0.5, 0.6) is 0 Å². The van der Waals surface area contributed by atoms with Crippen LogP contribution >= 0.6 is 0 Å². The molecule has 0 aliphatic heterocycles. The second-order valence-corrected chi connectivity index (χ2v) is 9.28. The molecule has 2 heterocycles. The van der Waals surface area contributed by atoms with Crippen molar-refractivity contribution < 1.29 is 8.42 Å². The van der Waals surface area contributed by atoms with Gasteiger partial charge in [-0.05, 0) is 59.3 Å². The highest BCUT2D eigenvalue weighted by Crippen LogP contribution is 2.21. The molecule has 4 rings (SSSR count). The van der Waals surface area contributed by atoms with Gasteiger partial charge in [0.2, 0.25) is 10.0 Å². The molecule has 4 aromatic rings. The third kappa shape index (κ3) is 4.57. The molecular formula is C24H23N3O3S. The Labute approximate surface area is 181 Å². The maximum atomic E-state index is 13.4. The van der Waals surface area contributed by atoms with E-state index in [2.05, 4.69) is 16.9 Å². The van der Waals surface area contributed by atoms with Crippen LogP contribution in [0.4, 0.5) is 0 Å². The van der Waals surface area contributed by atoms with Gasteiger partial charge in [-0.15, -0.1) is 0 Å². The van der Waals surface area contributed by atoms with E-state index in [0.717, 1.165) is 28.5 Å². The van der Waals surface area contributed by atoms with Gasteiger partial charge in [0.05, 0.1) is 4.90 Å². The Kier molecular flexibility index (Phi) is 5.97. The van der Waals surface area contributed by atoms with Crippen LogP contribution in [0.15, 0.2) is 88.8 Å². The number of aromatic nitrogens is 2. The van der Waals surface area contributed by atoms with Crippen molar-refractivity contribution in [3.63, 3.8) is 0 Å². The number of aryl methyl sites for hydroxylation is 1. The summed E-state index contributed by atoms with van der Waals surface area (Å²) in [6.07, 6.45) is 4.14. The summed E-state index contributed by atoms with van der Waals surface area (Å²) < 4.78 is 28.1. The first-order valence-corrected chi connectivity index (χ1v) is 11.5. The summed E-state index contributed by atoms with van der Waals surface area (Å²) in [4.78, 5) is 19.9. The van der Waals surface area contributed by atoms with Crippen LogP contribution in [-0.2, 0) is 29.5 Å². The van der Waals surface area contributed by atoms with Gasteiger partial charge in [0, 0.05) is 36.6 Å². The SMILES string of the molecule is CCc1ccc2[nH]c(=O)c(CN(Cc3cccnc3)S(=O)(=O)c3ccccc3)cc2c1. The van der Waals surface area contributed by atoms with Crippen LogP contribution in [0.25, 0.3) is 10.9 Å². The van der Waals surface area contributed by atoms with E-state index < -0.39 is 10.0 Å². The van der Waals surface area contributed by atoms with Crippen molar-refractivity contribution in [2.75, 3.05) is 0 Å². The van der Waals surface area contributed by atoms with Crippen molar-refractivity contribution in [2.45, 2.75) is 31.3 Å². The zero-order valence-electron chi connectivity index (χ0n) is 17.2. The van der Waals surface area contributed by atoms with Crippen LogP contribution in [0.3, 0.4) is 0 Å². The number of pyridine rings is 2. The number of aromatic amines is 1. The molecule has 158 valence electrons. The molecule has 0 atom stereocenters. The van der Waals surface area contributed by atoms with Crippen LogP contribution in [-0.4, -0.2) is 22.7 Å². The molecule has 0 saturated carbocycles. The third-order valence-electron chi connectivity index (χ3n) is 5.20. The van der Waals surface area contributed by atoms with Gasteiger partial charge in [0.15, 0.2) is 0 Å². The van der Waals surface area contributed by atoms with E-state index in [4.69, 9.17) is 0 Å². The van der Waals surface area contributed by atoms with E-state index in [1.807, 2.05) is 24.3 Å². The van der Waals surface area contributed by atoms with Crippen molar-refractivity contribution in [2.24, 2.45) is 0 Å². The monoisotopic (exact) mass is 433 g/mol. The van der Waals surface area contributed by atoms with Crippen molar-refractivity contribution in [1.82, 2.24) is 14.3 Å². The second-order valence-electron chi connectivity index (χ2n) is 7.35. The van der Waals surface area contributed by atoms with E-state index in [1.54, 1.807) is 54.9 Å². The lowest BCUT2D eigenvalue weighted by atomic mass is 10.1. The average Bonchev–Trinajstić information content (AvgIpc) is 2.80. The minimum absolute atomic E-state index is 0.0479. The quantitative estimate of drug-likeness (QED) is 0.480. The summed E-state index contributed by atoms with van der Waals surface area (Å²) >= 11 is 0. The Balaban J connectivity index is 1.77. The van der Waals surface area contributed by atoms with E-state index in [0.29, 0.717) is 5.56 Å². The fourth-order valence-electron chi connectivity index (χ4n) is 3.49. The van der Waals surface area contributed by atoms with Crippen molar-refractivity contribution in [1.29, 1.82) is 0 Å². The molecule has 0 spiro atoms. The van der Waals surface area contributed by atoms with Gasteiger partial charge in [-0.25, -0.2) is 8.42 Å². The standard InChI is InChI=1S/C24H23N3O3S/c1-2-18-10-11-23-20(13-18)14-21(24(28)26-23)17-27(16-19-7-6-12-25-15-19)31(29,30)22-8-4-3-5-9-22/h3-15H,2,16-17H2,1H3,(H,26,28). The highest BCUT2D eigenvalue weighted by atomic mass is 32.2. The maximum Gasteiger partial charge on any atom is 0.252 e. The molecular weight excluding hydrogens is 410 g/mol. The maximum absolute atomic E-state index is 13.4. The molecule has 0 amide bonds. The van der Waals surface area contributed by atoms with E-state index >= 15 is 0 Å². The van der Waals surface area contributed by atoms with Gasteiger partial charge >= 0.3 is 0 Å². The largest absolute Gasteiger partial charge is 0.322 e. The zero-order chi connectivity index (χ0) is 21.8. The lowest BCUT2D eigenvalue weighted by Gasteiger charge is -2.22. The number of hydrogen-bond acceptors (Lipinski definition) is 4. The molecule has 2 aromatic heterocycles. The normalized spacial score (nSPS) is 11.8. The zero-order valence-corrected chi connectivity index (χ0v) is 18.0. The summed E-state index contributed by atoms with van der Waals surface area (Å²) in [5.74, 6) is 0. The molecule has 2 aromatic carbocycles. The minimum atomic E-state index is -3.83. The Morgan fingerprint density at radius 2 is 1.74 bits per heavy atom. The number of fused-ring (bicyclic) bond motifs is 1. The minimum Gasteiger partial charge on any atom is -0.322 e. The summed E-state index contributed by atoms with van der Waals surface area (Å²) in [6, 6.07) is 19.5. The van der Waals surface area contributed by atoms with Gasteiger partial charge in [-0.1, -0.05) is 37.3 Å². The number of sulfonamides is 1. The number of nitrogens with one attached hydrogen (secondary N) is 1. The predicted molar refractivity (Wildman–Crippen MR) is 121 cm³/mol. The molecule has 0 saturated heterocycles. The van der Waals surface area contributed by atoms with Crippen LogP contribution in [0.2, 0.25) is 0 Å². The lowest BCUT2D eigenvalue weighted by Crippen LogP contribution is -2.32. The molecule has 7 heteroatoms. The van der Waals surface area contributed by atoms with Crippen LogP contribution in [0.1, 0.15) is 23.6 Å². The molecule has 1 N–H and O–H groups in total. The third-order valence-corrected chi connectivity index (χ3v) is 7.01. The molecule has 0 aliphatic rings. The topological polar surface area (TPSA) is 83.1 Å². The number of nitrogens with zero attached hydrogens (tertiary/aromatic N) is 2. The summed E-state index contributed by atoms with van der Waals surface area (Å²) in [6.45, 7) is 2.13. The number of hydrogen-bond donors (Lipinski definition) is 1. The summed E-state index contributed by atoms with van der Waals surface area (Å²) in [5.41, 5.74) is 2.72. The van der Waals surface area contributed by atoms with Crippen LogP contribution in [0, 0.1) is 0 Å². The molecule has 0 unspecified atom stereocenters. The van der Waals surface area contributed by atoms with E-state index in [-0.39, 0.29) is 23.5 Å². The molecule has 0 radical (unpaired) electrons. The summed E-state index contributed by atoms with van der Waals surface area (Å²) in [7, 11) is -3.83. The smallest absolute Gasteiger partial charge is 0.252 e. The first kappa shape index (κ1) is 21.0. The predicted octanol–water partition coefficient (Wildman–Crippen LogP) is 3.88. The van der Waals surface area contributed by atoms with Crippen LogP contribution < -0.4 is 5.56 Å². The molecule has 0 fully saturated rings. The van der Waals surface area contributed by atoms with Gasteiger partial charge in [0.1, 0.15) is 0 Å². The highest BCUT2D eigenvalue weighted by Gasteiger charge is 2.26. The van der Waals surface area contributed by atoms with Gasteiger partial charge in [0.25, 0.3) is 5.56 Å². The van der Waals surface area contributed by atoms with E-state index in [1.165, 1.54) is 4.31 Å². The first-order chi connectivity index (χ1) is 15.0. The average molecular weight is 434 g/mol. The van der Waals surface area contributed by atoms with Crippen molar-refractivity contribution in [3.8, 4) is 0 Å². The number of H-pyrrole nitrogens is 1. The summed E-state index contributed by atoms with van der Waals surface area (Å²) in [5, 5.41) is 0.882. The first-order valence-electron chi connectivity index (χ1n) is 10.1. The van der Waals surface area contributed by atoms with Crippen molar-refractivity contribution >= 4 is 20.9 Å². The Morgan fingerprint density at radius 1 is 0.935 bits per heavy atom. The van der Waals surface area contributed by atoms with E-state index in [9.17, 15) is 13.2 Å². The lowest BCUT2D eigenvalue weighted by molar-refractivity contribution is 0.399. The highest BCUT2D eigenvalue weighted by molar-refractivity contribution is 7.89. The number of benzene rings is 2. The molecule has 0 aliphatic carbocycles. The Morgan fingerprint density at radius 3 is 2.45 bits per heavy atom. The fraction of sp³-hybridized carbons (Fsp3) is 0.167.